The van der Waals surface area contributed by atoms with E-state index in [1.54, 1.807) is 17.5 Å². The van der Waals surface area contributed by atoms with E-state index < -0.39 is 12.1 Å². The number of carboxylic acids is 1. The van der Waals surface area contributed by atoms with E-state index in [0.717, 1.165) is 52.7 Å². The summed E-state index contributed by atoms with van der Waals surface area (Å²) in [5, 5.41) is 21.2. The fourth-order valence-corrected chi connectivity index (χ4v) is 6.23. The van der Waals surface area contributed by atoms with Gasteiger partial charge < -0.3 is 15.7 Å². The summed E-state index contributed by atoms with van der Waals surface area (Å²) in [5.41, 5.74) is 3.32. The van der Waals surface area contributed by atoms with Gasteiger partial charge in [0.25, 0.3) is 5.91 Å². The number of hydrogen-bond acceptors (Lipinski definition) is 6. The molecule has 0 spiro atoms. The van der Waals surface area contributed by atoms with Gasteiger partial charge in [-0.05, 0) is 74.6 Å². The summed E-state index contributed by atoms with van der Waals surface area (Å²) in [6, 6.07) is 5.69. The van der Waals surface area contributed by atoms with Gasteiger partial charge in [0.1, 0.15) is 5.78 Å². The molecule has 218 valence electrons. The minimum absolute atomic E-state index is 0.0281. The Balaban J connectivity index is 0.000000431. The number of nitrogens with one attached hydrogen (secondary N) is 3. The lowest BCUT2D eigenvalue weighted by molar-refractivity contribution is -0.192. The molecule has 2 aromatic heterocycles. The number of fused-ring (bicyclic) bond motifs is 2. The molecule has 6 rings (SSSR count). The van der Waals surface area contributed by atoms with Crippen LogP contribution < -0.4 is 10.6 Å². The number of benzene rings is 1. The zero-order chi connectivity index (χ0) is 29.3. The Labute approximate surface area is 236 Å². The molecule has 1 atom stereocenters. The maximum absolute atomic E-state index is 13.2. The first-order valence-electron chi connectivity index (χ1n) is 13.5. The zero-order valence-electron chi connectivity index (χ0n) is 22.0. The van der Waals surface area contributed by atoms with Gasteiger partial charge in [0.05, 0.1) is 17.3 Å². The molecule has 3 aromatic rings. The maximum atomic E-state index is 13.2. The van der Waals surface area contributed by atoms with E-state index in [0.29, 0.717) is 30.9 Å². The minimum Gasteiger partial charge on any atom is -0.475 e. The topological polar surface area (TPSA) is 141 Å². The van der Waals surface area contributed by atoms with Gasteiger partial charge in [-0.1, -0.05) is 0 Å². The van der Waals surface area contributed by atoms with E-state index in [1.165, 1.54) is 17.7 Å². The lowest BCUT2D eigenvalue weighted by atomic mass is 9.85. The lowest BCUT2D eigenvalue weighted by Gasteiger charge is -2.22. The number of carbonyl (C=O) groups is 4. The third kappa shape index (κ3) is 7.13. The van der Waals surface area contributed by atoms with Crippen LogP contribution in [-0.4, -0.2) is 51.6 Å². The van der Waals surface area contributed by atoms with Crippen LogP contribution >= 0.6 is 11.3 Å². The number of nitrogens with zero attached hydrogens (tertiary/aromatic N) is 1. The molecular formula is C28H29F3N4O5S. The van der Waals surface area contributed by atoms with Gasteiger partial charge in [-0.15, -0.1) is 11.3 Å². The molecular weight excluding hydrogens is 561 g/mol. The predicted molar refractivity (Wildman–Crippen MR) is 145 cm³/mol. The van der Waals surface area contributed by atoms with Gasteiger partial charge >= 0.3 is 12.1 Å². The summed E-state index contributed by atoms with van der Waals surface area (Å²) in [5.74, 6) is -2.06. The summed E-state index contributed by atoms with van der Waals surface area (Å²) in [4.78, 5) is 49.9. The predicted octanol–water partition coefficient (Wildman–Crippen LogP) is 4.66. The second-order valence-electron chi connectivity index (χ2n) is 10.8. The molecule has 0 saturated heterocycles. The number of H-pyrrole nitrogens is 1. The highest BCUT2D eigenvalue weighted by molar-refractivity contribution is 7.12. The fourth-order valence-electron chi connectivity index (χ4n) is 4.87. The summed E-state index contributed by atoms with van der Waals surface area (Å²) in [6.07, 6.45) is 3.32. The van der Waals surface area contributed by atoms with Crippen molar-refractivity contribution in [3.63, 3.8) is 0 Å². The van der Waals surface area contributed by atoms with Crippen LogP contribution in [0.5, 0.6) is 0 Å². The second-order valence-corrected chi connectivity index (χ2v) is 12.0. The number of rotatable bonds is 8. The average Bonchev–Trinajstić information content (AvgIpc) is 3.85. The molecule has 2 amide bonds. The third-order valence-electron chi connectivity index (χ3n) is 7.50. The van der Waals surface area contributed by atoms with Crippen molar-refractivity contribution in [1.29, 1.82) is 0 Å². The van der Waals surface area contributed by atoms with Crippen LogP contribution in [0.15, 0.2) is 24.4 Å². The molecule has 0 aliphatic heterocycles. The number of carboxylic acid groups (broad SMARTS) is 1. The number of halogens is 3. The number of amides is 2. The van der Waals surface area contributed by atoms with Gasteiger partial charge in [0.15, 0.2) is 0 Å². The van der Waals surface area contributed by atoms with Crippen molar-refractivity contribution in [2.24, 2.45) is 17.8 Å². The van der Waals surface area contributed by atoms with Crippen molar-refractivity contribution in [2.75, 3.05) is 11.9 Å². The van der Waals surface area contributed by atoms with Crippen LogP contribution in [0.3, 0.4) is 0 Å². The first kappa shape index (κ1) is 28.8. The second kappa shape index (κ2) is 11.6. The maximum Gasteiger partial charge on any atom is 0.490 e. The van der Waals surface area contributed by atoms with E-state index in [4.69, 9.17) is 9.90 Å². The molecule has 13 heteroatoms. The van der Waals surface area contributed by atoms with Crippen molar-refractivity contribution in [2.45, 2.75) is 57.5 Å². The highest BCUT2D eigenvalue weighted by Gasteiger charge is 2.38. The first-order valence-corrected chi connectivity index (χ1v) is 14.3. The zero-order valence-corrected chi connectivity index (χ0v) is 22.8. The Bertz CT molecular complexity index is 1490. The van der Waals surface area contributed by atoms with Crippen molar-refractivity contribution in [3.8, 4) is 0 Å². The van der Waals surface area contributed by atoms with Gasteiger partial charge in [-0.25, -0.2) is 4.79 Å². The Kier molecular flexibility index (Phi) is 8.16. The van der Waals surface area contributed by atoms with Crippen LogP contribution in [0.25, 0.3) is 10.9 Å². The SMILES string of the molecule is O=C(NCC1CC1)c1c(CC(=O)C2CC2)sc2c1CC(C(=O)Nc1ccc3[nH]ncc3c1)CC2.O=C(O)C(F)(F)F. The quantitative estimate of drug-likeness (QED) is 0.301. The number of alkyl halides is 3. The number of aryl methyl sites for hydroxylation is 1. The van der Waals surface area contributed by atoms with Gasteiger partial charge in [-0.2, -0.15) is 18.3 Å². The number of hydrogen-bond donors (Lipinski definition) is 4. The normalized spacial score (nSPS) is 18.2. The van der Waals surface area contributed by atoms with E-state index in [-0.39, 0.29) is 29.4 Å². The number of Topliss-reactive ketones (excluding diaryl/α,β-unsaturated/α-hetero) is 1. The smallest absolute Gasteiger partial charge is 0.475 e. The molecule has 4 N–H and O–H groups in total. The van der Waals surface area contributed by atoms with Crippen molar-refractivity contribution >= 4 is 51.5 Å². The molecule has 41 heavy (non-hydrogen) atoms. The van der Waals surface area contributed by atoms with Crippen molar-refractivity contribution in [3.05, 3.63) is 45.3 Å². The standard InChI is InChI=1S/C26H28N4O3S.C2HF3O2/c31-21(15-3-4-15)11-23-24(26(33)27-12-14-1-2-14)19-10-16(5-8-22(19)34-23)25(32)29-18-6-7-20-17(9-18)13-28-30-20;3-2(4,5)1(6)7/h6-7,9,13-16H,1-5,8,10-12H2,(H,27,33)(H,28,30)(H,29,32);(H,6,7). The molecule has 2 heterocycles. The molecule has 1 aromatic carbocycles. The molecule has 3 aliphatic rings. The largest absolute Gasteiger partial charge is 0.490 e. The van der Waals surface area contributed by atoms with Crippen LogP contribution in [0.4, 0.5) is 18.9 Å². The summed E-state index contributed by atoms with van der Waals surface area (Å²) >= 11 is 1.61. The van der Waals surface area contributed by atoms with Crippen LogP contribution in [0, 0.1) is 17.8 Å². The van der Waals surface area contributed by atoms with E-state index in [1.807, 2.05) is 18.2 Å². The Morgan fingerprint density at radius 3 is 2.46 bits per heavy atom. The molecule has 2 fully saturated rings. The van der Waals surface area contributed by atoms with E-state index >= 15 is 0 Å². The Hall–Kier alpha value is -3.74. The van der Waals surface area contributed by atoms with Crippen LogP contribution in [0.1, 0.15) is 57.8 Å². The molecule has 2 saturated carbocycles. The summed E-state index contributed by atoms with van der Waals surface area (Å²) < 4.78 is 31.7. The first-order chi connectivity index (χ1) is 19.5. The molecule has 3 aliphatic carbocycles. The van der Waals surface area contributed by atoms with Gasteiger partial charge in [0.2, 0.25) is 5.91 Å². The number of carbonyl (C=O) groups excluding carboxylic acids is 3. The van der Waals surface area contributed by atoms with E-state index in [9.17, 15) is 27.6 Å². The summed E-state index contributed by atoms with van der Waals surface area (Å²) in [6.45, 7) is 0.694. The van der Waals surface area contributed by atoms with Crippen LogP contribution in [-0.2, 0) is 33.6 Å². The number of aromatic amines is 1. The van der Waals surface area contributed by atoms with Crippen molar-refractivity contribution < 1.29 is 37.5 Å². The number of aliphatic carboxylic acids is 1. The van der Waals surface area contributed by atoms with Crippen LogP contribution in [0.2, 0.25) is 0 Å². The Morgan fingerprint density at radius 2 is 1.80 bits per heavy atom. The third-order valence-corrected chi connectivity index (χ3v) is 8.79. The number of aromatic nitrogens is 2. The number of thiophene rings is 1. The van der Waals surface area contributed by atoms with Gasteiger partial charge in [-0.3, -0.25) is 19.5 Å². The minimum atomic E-state index is -5.08. The number of ketones is 1. The fraction of sp³-hybridized carbons (Fsp3) is 0.464. The van der Waals surface area contributed by atoms with Crippen molar-refractivity contribution in [1.82, 2.24) is 15.5 Å². The highest BCUT2D eigenvalue weighted by atomic mass is 32.1. The molecule has 0 radical (unpaired) electrons. The highest BCUT2D eigenvalue weighted by Crippen LogP contribution is 2.39. The lowest BCUT2D eigenvalue weighted by Crippen LogP contribution is -2.31. The average molecular weight is 591 g/mol. The Morgan fingerprint density at radius 1 is 1.07 bits per heavy atom. The molecule has 0 bridgehead atoms. The van der Waals surface area contributed by atoms with Gasteiger partial charge in [0, 0.05) is 45.6 Å². The molecule has 1 unspecified atom stereocenters. The molecule has 9 nitrogen and oxygen atoms in total. The monoisotopic (exact) mass is 590 g/mol. The summed E-state index contributed by atoms with van der Waals surface area (Å²) in [7, 11) is 0. The number of anilines is 1. The van der Waals surface area contributed by atoms with E-state index in [2.05, 4.69) is 20.8 Å².